The monoisotopic (exact) mass is 259 g/mol. The molecule has 1 aliphatic rings. The Hall–Kier alpha value is -2.27. The maximum atomic E-state index is 10.9. The average molecular weight is 259 g/mol. The number of hydrogen-bond acceptors (Lipinski definition) is 5. The van der Waals surface area contributed by atoms with Crippen LogP contribution in [0.5, 0.6) is 0 Å². The van der Waals surface area contributed by atoms with Crippen molar-refractivity contribution < 1.29 is 9.53 Å². The molecular weight excluding hydrogens is 242 g/mol. The van der Waals surface area contributed by atoms with Crippen molar-refractivity contribution in [3.63, 3.8) is 0 Å². The number of nitriles is 2. The Morgan fingerprint density at radius 2 is 2.26 bits per heavy atom. The topological polar surface area (TPSA) is 77.1 Å². The van der Waals surface area contributed by atoms with Gasteiger partial charge in [0.05, 0.1) is 6.61 Å². The van der Waals surface area contributed by atoms with Gasteiger partial charge < -0.3 is 9.64 Å². The van der Waals surface area contributed by atoms with Crippen LogP contribution in [0, 0.1) is 28.6 Å². The molecule has 0 amide bonds. The fraction of sp³-hybridized carbons (Fsp3) is 0.500. The molecule has 0 saturated carbocycles. The largest absolute Gasteiger partial charge is 0.465 e. The van der Waals surface area contributed by atoms with Crippen molar-refractivity contribution in [2.45, 2.75) is 19.3 Å². The van der Waals surface area contributed by atoms with Crippen molar-refractivity contribution in [2.75, 3.05) is 20.2 Å². The highest BCUT2D eigenvalue weighted by Crippen LogP contribution is 2.18. The zero-order valence-corrected chi connectivity index (χ0v) is 11.0. The van der Waals surface area contributed by atoms with Crippen LogP contribution >= 0.6 is 0 Å². The summed E-state index contributed by atoms with van der Waals surface area (Å²) in [5.41, 5.74) is 0.0869. The highest BCUT2D eigenvalue weighted by molar-refractivity contribution is 5.69. The molecule has 0 bridgehead atoms. The first kappa shape index (κ1) is 14.8. The number of nitrogens with zero attached hydrogens (tertiary/aromatic N) is 3. The normalized spacial score (nSPS) is 18.3. The van der Waals surface area contributed by atoms with Gasteiger partial charge in [0, 0.05) is 20.0 Å². The van der Waals surface area contributed by atoms with Gasteiger partial charge in [0.2, 0.25) is 0 Å². The quantitative estimate of drug-likeness (QED) is 0.427. The summed E-state index contributed by atoms with van der Waals surface area (Å²) in [5.74, 6) is 0.327. The Bertz CT molecular complexity index is 428. The van der Waals surface area contributed by atoms with E-state index in [4.69, 9.17) is 15.3 Å². The first-order chi connectivity index (χ1) is 9.15. The van der Waals surface area contributed by atoms with Crippen molar-refractivity contribution in [1.82, 2.24) is 4.90 Å². The van der Waals surface area contributed by atoms with Crippen LogP contribution in [-0.2, 0) is 9.53 Å². The Morgan fingerprint density at radius 3 is 2.84 bits per heavy atom. The van der Waals surface area contributed by atoms with Crippen LogP contribution in [0.15, 0.2) is 23.9 Å². The van der Waals surface area contributed by atoms with Crippen molar-refractivity contribution in [2.24, 2.45) is 5.92 Å². The summed E-state index contributed by atoms with van der Waals surface area (Å²) >= 11 is 0. The molecule has 1 unspecified atom stereocenters. The predicted molar refractivity (Wildman–Crippen MR) is 69.4 cm³/mol. The standard InChI is InChI=1S/C14H17N3O2/c1-17(7-2-3-13(9-15)10-16)8-6-12-4-5-14(18)19-11-12/h2-3,7,12H,4-6,8,11H2,1H3. The number of cyclic esters (lactones) is 1. The van der Waals surface area contributed by atoms with Crippen molar-refractivity contribution >= 4 is 5.97 Å². The molecular formula is C14H17N3O2. The lowest BCUT2D eigenvalue weighted by Gasteiger charge is -2.23. The van der Waals surface area contributed by atoms with Gasteiger partial charge in [-0.15, -0.1) is 0 Å². The van der Waals surface area contributed by atoms with Crippen molar-refractivity contribution in [1.29, 1.82) is 10.5 Å². The second-order valence-electron chi connectivity index (χ2n) is 4.50. The molecule has 5 heteroatoms. The molecule has 1 rings (SSSR count). The van der Waals surface area contributed by atoms with E-state index in [9.17, 15) is 4.79 Å². The maximum Gasteiger partial charge on any atom is 0.305 e. The number of esters is 1. The van der Waals surface area contributed by atoms with E-state index in [0.717, 1.165) is 19.4 Å². The smallest absolute Gasteiger partial charge is 0.305 e. The number of allylic oxidation sites excluding steroid dienone is 3. The van der Waals surface area contributed by atoms with Gasteiger partial charge in [-0.3, -0.25) is 4.79 Å². The molecule has 0 aromatic rings. The molecule has 0 N–H and O–H groups in total. The summed E-state index contributed by atoms with van der Waals surface area (Å²) in [7, 11) is 1.93. The molecule has 1 fully saturated rings. The van der Waals surface area contributed by atoms with E-state index in [0.29, 0.717) is 18.9 Å². The zero-order chi connectivity index (χ0) is 14.1. The number of carbonyl (C=O) groups excluding carboxylic acids is 1. The number of hydrogen-bond donors (Lipinski definition) is 0. The number of ether oxygens (including phenoxy) is 1. The Kier molecular flexibility index (Phi) is 6.18. The number of carbonyl (C=O) groups is 1. The van der Waals surface area contributed by atoms with Gasteiger partial charge in [-0.05, 0) is 37.1 Å². The Morgan fingerprint density at radius 1 is 1.53 bits per heavy atom. The fourth-order valence-electron chi connectivity index (χ4n) is 1.76. The molecule has 100 valence electrons. The van der Waals surface area contributed by atoms with Crippen LogP contribution < -0.4 is 0 Å². The molecule has 1 saturated heterocycles. The maximum absolute atomic E-state index is 10.9. The summed E-state index contributed by atoms with van der Waals surface area (Å²) in [6.45, 7) is 1.37. The molecule has 1 aliphatic heterocycles. The SMILES string of the molecule is CN(C=CC=C(C#N)C#N)CCC1CCC(=O)OC1. The third-order valence-corrected chi connectivity index (χ3v) is 2.97. The highest BCUT2D eigenvalue weighted by atomic mass is 16.5. The van der Waals surface area contributed by atoms with E-state index in [1.54, 1.807) is 18.2 Å². The minimum atomic E-state index is -0.102. The third-order valence-electron chi connectivity index (χ3n) is 2.97. The first-order valence-corrected chi connectivity index (χ1v) is 6.20. The lowest BCUT2D eigenvalue weighted by atomic mass is 9.98. The second-order valence-corrected chi connectivity index (χ2v) is 4.50. The van der Waals surface area contributed by atoms with Gasteiger partial charge in [-0.1, -0.05) is 0 Å². The lowest BCUT2D eigenvalue weighted by Crippen LogP contribution is -2.25. The van der Waals surface area contributed by atoms with E-state index >= 15 is 0 Å². The van der Waals surface area contributed by atoms with Crippen molar-refractivity contribution in [3.05, 3.63) is 23.9 Å². The van der Waals surface area contributed by atoms with Gasteiger partial charge in [-0.2, -0.15) is 10.5 Å². The van der Waals surface area contributed by atoms with E-state index in [1.165, 1.54) is 6.08 Å². The van der Waals surface area contributed by atoms with Gasteiger partial charge in [0.15, 0.2) is 0 Å². The van der Waals surface area contributed by atoms with E-state index in [2.05, 4.69) is 0 Å². The highest BCUT2D eigenvalue weighted by Gasteiger charge is 2.19. The van der Waals surface area contributed by atoms with Gasteiger partial charge >= 0.3 is 5.97 Å². The van der Waals surface area contributed by atoms with Gasteiger partial charge in [0.25, 0.3) is 0 Å². The molecule has 1 heterocycles. The molecule has 0 spiro atoms. The van der Waals surface area contributed by atoms with Crippen LogP contribution in [-0.4, -0.2) is 31.1 Å². The molecule has 5 nitrogen and oxygen atoms in total. The van der Waals surface area contributed by atoms with Gasteiger partial charge in [0.1, 0.15) is 17.7 Å². The zero-order valence-electron chi connectivity index (χ0n) is 11.0. The third kappa shape index (κ3) is 5.74. The van der Waals surface area contributed by atoms with Crippen LogP contribution in [0.2, 0.25) is 0 Å². The second kappa shape index (κ2) is 7.94. The summed E-state index contributed by atoms with van der Waals surface area (Å²) in [6, 6.07) is 3.59. The molecule has 19 heavy (non-hydrogen) atoms. The van der Waals surface area contributed by atoms with Crippen LogP contribution in [0.4, 0.5) is 0 Å². The summed E-state index contributed by atoms with van der Waals surface area (Å²) in [6.07, 6.45) is 7.36. The summed E-state index contributed by atoms with van der Waals surface area (Å²) < 4.78 is 5.01. The summed E-state index contributed by atoms with van der Waals surface area (Å²) in [4.78, 5) is 12.9. The molecule has 0 aliphatic carbocycles. The Balaban J connectivity index is 2.28. The minimum Gasteiger partial charge on any atom is -0.465 e. The predicted octanol–water partition coefficient (Wildman–Crippen LogP) is 1.75. The number of rotatable bonds is 5. The molecule has 0 aromatic heterocycles. The summed E-state index contributed by atoms with van der Waals surface area (Å²) in [5, 5.41) is 17.1. The van der Waals surface area contributed by atoms with E-state index < -0.39 is 0 Å². The first-order valence-electron chi connectivity index (χ1n) is 6.20. The van der Waals surface area contributed by atoms with Gasteiger partial charge in [-0.25, -0.2) is 0 Å². The molecule has 0 radical (unpaired) electrons. The minimum absolute atomic E-state index is 0.0869. The molecule has 0 aromatic carbocycles. The van der Waals surface area contributed by atoms with Crippen LogP contribution in [0.25, 0.3) is 0 Å². The average Bonchev–Trinajstić information content (AvgIpc) is 2.43. The van der Waals surface area contributed by atoms with Crippen LogP contribution in [0.1, 0.15) is 19.3 Å². The fourth-order valence-corrected chi connectivity index (χ4v) is 1.76. The lowest BCUT2D eigenvalue weighted by molar-refractivity contribution is -0.149. The Labute approximate surface area is 113 Å². The van der Waals surface area contributed by atoms with Crippen LogP contribution in [0.3, 0.4) is 0 Å². The molecule has 1 atom stereocenters. The van der Waals surface area contributed by atoms with E-state index in [1.807, 2.05) is 18.1 Å². The van der Waals surface area contributed by atoms with E-state index in [-0.39, 0.29) is 11.5 Å². The van der Waals surface area contributed by atoms with Crippen molar-refractivity contribution in [3.8, 4) is 12.1 Å².